The maximum atomic E-state index is 4.17. The summed E-state index contributed by atoms with van der Waals surface area (Å²) in [5.41, 5.74) is 3.74. The molecule has 0 aliphatic heterocycles. The summed E-state index contributed by atoms with van der Waals surface area (Å²) in [5.74, 6) is 0. The number of rotatable bonds is 2. The van der Waals surface area contributed by atoms with Gasteiger partial charge in [-0.2, -0.15) is 0 Å². The van der Waals surface area contributed by atoms with Crippen molar-refractivity contribution < 1.29 is 0 Å². The van der Waals surface area contributed by atoms with Crippen molar-refractivity contribution in [1.29, 1.82) is 0 Å². The number of hydrogen-bond acceptors (Lipinski definition) is 4. The van der Waals surface area contributed by atoms with Gasteiger partial charge in [-0.05, 0) is 25.0 Å². The molecule has 0 atom stereocenters. The maximum Gasteiger partial charge on any atom is 0.205 e. The van der Waals surface area contributed by atoms with Crippen LogP contribution in [-0.2, 0) is 0 Å². The first-order valence-corrected chi connectivity index (χ1v) is 5.62. The molecule has 0 aliphatic rings. The Balaban J connectivity index is 2.49. The summed E-state index contributed by atoms with van der Waals surface area (Å²) in [6.45, 7) is 4.23. The minimum atomic E-state index is 0.853. The van der Waals surface area contributed by atoms with E-state index >= 15 is 0 Å². The van der Waals surface area contributed by atoms with Crippen molar-refractivity contribution >= 4 is 16.5 Å². The molecule has 0 radical (unpaired) electrons. The van der Waals surface area contributed by atoms with Crippen LogP contribution in [0.5, 0.6) is 0 Å². The second kappa shape index (κ2) is 3.98. The molecule has 4 heteroatoms. The van der Waals surface area contributed by atoms with Gasteiger partial charge in [0, 0.05) is 12.6 Å². The predicted molar refractivity (Wildman–Crippen MR) is 64.4 cm³/mol. The lowest BCUT2D eigenvalue weighted by Crippen LogP contribution is -1.86. The Kier molecular flexibility index (Phi) is 2.68. The number of hydrogen-bond donors (Lipinski definition) is 1. The fraction of sp³-hybridized carbons (Fsp3) is 0.273. The summed E-state index contributed by atoms with van der Waals surface area (Å²) < 4.78 is 0. The lowest BCUT2D eigenvalue weighted by atomic mass is 10.0. The average molecular weight is 219 g/mol. The molecular formula is C11H13N3S. The van der Waals surface area contributed by atoms with E-state index in [-0.39, 0.29) is 0 Å². The standard InChI is InChI=1S/C11H13N3S/c1-7-5-4-6-9(8(7)2)10-13-14-11(12-3)15-10/h4-6H,1-3H3,(H,12,14). The molecule has 0 saturated heterocycles. The number of nitrogens with zero attached hydrogens (tertiary/aromatic N) is 2. The van der Waals surface area contributed by atoms with Gasteiger partial charge in [-0.25, -0.2) is 0 Å². The highest BCUT2D eigenvalue weighted by molar-refractivity contribution is 7.18. The maximum absolute atomic E-state index is 4.17. The van der Waals surface area contributed by atoms with Crippen molar-refractivity contribution in [1.82, 2.24) is 10.2 Å². The van der Waals surface area contributed by atoms with Crippen molar-refractivity contribution in [3.8, 4) is 10.6 Å². The predicted octanol–water partition coefficient (Wildman–Crippen LogP) is 2.86. The molecule has 3 nitrogen and oxygen atoms in total. The molecule has 0 bridgehead atoms. The molecule has 1 aromatic heterocycles. The van der Waals surface area contributed by atoms with Crippen molar-refractivity contribution in [2.24, 2.45) is 0 Å². The Morgan fingerprint density at radius 2 is 2.00 bits per heavy atom. The molecule has 0 aliphatic carbocycles. The molecule has 1 aromatic carbocycles. The first-order valence-electron chi connectivity index (χ1n) is 4.80. The van der Waals surface area contributed by atoms with E-state index in [1.807, 2.05) is 7.05 Å². The minimum Gasteiger partial charge on any atom is -0.363 e. The van der Waals surface area contributed by atoms with E-state index in [9.17, 15) is 0 Å². The lowest BCUT2D eigenvalue weighted by Gasteiger charge is -2.03. The summed E-state index contributed by atoms with van der Waals surface area (Å²) in [6, 6.07) is 6.25. The van der Waals surface area contributed by atoms with Crippen LogP contribution in [0.3, 0.4) is 0 Å². The van der Waals surface area contributed by atoms with Crippen molar-refractivity contribution in [3.05, 3.63) is 29.3 Å². The third-order valence-corrected chi connectivity index (χ3v) is 3.45. The Hall–Kier alpha value is -1.42. The monoisotopic (exact) mass is 219 g/mol. The molecule has 2 aromatic rings. The highest BCUT2D eigenvalue weighted by Crippen LogP contribution is 2.29. The molecule has 15 heavy (non-hydrogen) atoms. The number of nitrogens with one attached hydrogen (secondary N) is 1. The molecule has 0 saturated carbocycles. The molecule has 1 heterocycles. The quantitative estimate of drug-likeness (QED) is 0.844. The van der Waals surface area contributed by atoms with E-state index in [1.54, 1.807) is 11.3 Å². The Morgan fingerprint density at radius 3 is 2.67 bits per heavy atom. The van der Waals surface area contributed by atoms with Gasteiger partial charge in [0.1, 0.15) is 5.01 Å². The van der Waals surface area contributed by atoms with Crippen LogP contribution in [0.25, 0.3) is 10.6 Å². The Morgan fingerprint density at radius 1 is 1.20 bits per heavy atom. The third-order valence-electron chi connectivity index (χ3n) is 2.47. The molecule has 78 valence electrons. The van der Waals surface area contributed by atoms with Crippen molar-refractivity contribution in [2.45, 2.75) is 13.8 Å². The van der Waals surface area contributed by atoms with Gasteiger partial charge >= 0.3 is 0 Å². The van der Waals surface area contributed by atoms with E-state index in [0.29, 0.717) is 0 Å². The third kappa shape index (κ3) is 1.85. The van der Waals surface area contributed by atoms with Crippen LogP contribution in [-0.4, -0.2) is 17.2 Å². The van der Waals surface area contributed by atoms with Crippen molar-refractivity contribution in [2.75, 3.05) is 12.4 Å². The van der Waals surface area contributed by atoms with Crippen LogP contribution in [0.1, 0.15) is 11.1 Å². The van der Waals surface area contributed by atoms with Gasteiger partial charge < -0.3 is 5.32 Å². The second-order valence-corrected chi connectivity index (χ2v) is 4.39. The summed E-state index contributed by atoms with van der Waals surface area (Å²) in [7, 11) is 1.85. The van der Waals surface area contributed by atoms with E-state index in [0.717, 1.165) is 10.1 Å². The fourth-order valence-electron chi connectivity index (χ4n) is 1.42. The topological polar surface area (TPSA) is 37.8 Å². The van der Waals surface area contributed by atoms with Crippen LogP contribution < -0.4 is 5.32 Å². The second-order valence-electron chi connectivity index (χ2n) is 3.41. The first kappa shape index (κ1) is 10.1. The van der Waals surface area contributed by atoms with E-state index in [2.05, 4.69) is 47.6 Å². The van der Waals surface area contributed by atoms with Crippen LogP contribution >= 0.6 is 11.3 Å². The van der Waals surface area contributed by atoms with E-state index in [1.165, 1.54) is 16.7 Å². The summed E-state index contributed by atoms with van der Waals surface area (Å²) >= 11 is 1.58. The van der Waals surface area contributed by atoms with E-state index in [4.69, 9.17) is 0 Å². The van der Waals surface area contributed by atoms with Crippen LogP contribution in [0.15, 0.2) is 18.2 Å². The summed E-state index contributed by atoms with van der Waals surface area (Å²) in [6.07, 6.45) is 0. The molecule has 0 amide bonds. The zero-order valence-corrected chi connectivity index (χ0v) is 9.85. The minimum absolute atomic E-state index is 0.853. The fourth-order valence-corrected chi connectivity index (χ4v) is 2.20. The van der Waals surface area contributed by atoms with Gasteiger partial charge in [0.2, 0.25) is 5.13 Å². The SMILES string of the molecule is CNc1nnc(-c2cccc(C)c2C)s1. The van der Waals surface area contributed by atoms with E-state index < -0.39 is 0 Å². The molecular weight excluding hydrogens is 206 g/mol. The Bertz CT molecular complexity index is 476. The van der Waals surface area contributed by atoms with Crippen LogP contribution in [0, 0.1) is 13.8 Å². The molecule has 0 unspecified atom stereocenters. The smallest absolute Gasteiger partial charge is 0.205 e. The number of aromatic nitrogens is 2. The van der Waals surface area contributed by atoms with Crippen LogP contribution in [0.4, 0.5) is 5.13 Å². The number of anilines is 1. The number of benzene rings is 1. The first-order chi connectivity index (χ1) is 7.22. The van der Waals surface area contributed by atoms with Gasteiger partial charge in [-0.3, -0.25) is 0 Å². The molecule has 1 N–H and O–H groups in total. The highest BCUT2D eigenvalue weighted by atomic mass is 32.1. The largest absolute Gasteiger partial charge is 0.363 e. The van der Waals surface area contributed by atoms with Gasteiger partial charge in [0.15, 0.2) is 0 Å². The van der Waals surface area contributed by atoms with Gasteiger partial charge in [0.25, 0.3) is 0 Å². The molecule has 2 rings (SSSR count). The Labute approximate surface area is 93.2 Å². The highest BCUT2D eigenvalue weighted by Gasteiger charge is 2.08. The number of aryl methyl sites for hydroxylation is 1. The zero-order valence-electron chi connectivity index (χ0n) is 9.03. The average Bonchev–Trinajstić information content (AvgIpc) is 2.70. The van der Waals surface area contributed by atoms with Crippen LogP contribution in [0.2, 0.25) is 0 Å². The molecule has 0 spiro atoms. The van der Waals surface area contributed by atoms with Gasteiger partial charge in [0.05, 0.1) is 0 Å². The summed E-state index contributed by atoms with van der Waals surface area (Å²) in [4.78, 5) is 0. The normalized spacial score (nSPS) is 10.3. The summed E-state index contributed by atoms with van der Waals surface area (Å²) in [5, 5.41) is 13.0. The van der Waals surface area contributed by atoms with Gasteiger partial charge in [-0.15, -0.1) is 10.2 Å². The van der Waals surface area contributed by atoms with Gasteiger partial charge in [-0.1, -0.05) is 29.5 Å². The lowest BCUT2D eigenvalue weighted by molar-refractivity contribution is 1.09. The molecule has 0 fully saturated rings. The van der Waals surface area contributed by atoms with Crippen molar-refractivity contribution in [3.63, 3.8) is 0 Å². The zero-order chi connectivity index (χ0) is 10.8.